The molecule has 1 aromatic carbocycles. The molecule has 0 fully saturated rings. The van der Waals surface area contributed by atoms with Crippen molar-refractivity contribution in [2.75, 3.05) is 0 Å². The summed E-state index contributed by atoms with van der Waals surface area (Å²) in [6.07, 6.45) is 4.20. The monoisotopic (exact) mass is 387 g/mol. The molecule has 0 unspecified atom stereocenters. The van der Waals surface area contributed by atoms with Gasteiger partial charge in [-0.25, -0.2) is 9.55 Å². The minimum absolute atomic E-state index is 0.574. The van der Waals surface area contributed by atoms with Crippen molar-refractivity contribution in [3.8, 4) is 11.3 Å². The standard InChI is InChI=1S/C26H31N2O/c1-16(2)13-19-11-12-28(6)23(15-19)24-18(5)7-9-21-22-10-8-20(14-17(3)4)27-26(22)29-25(21)24/h7-12,15-17H,13-14H2,1-6H3/q+1. The highest BCUT2D eigenvalue weighted by atomic mass is 16.3. The van der Waals surface area contributed by atoms with Crippen LogP contribution in [0, 0.1) is 18.8 Å². The molecule has 4 rings (SSSR count). The Morgan fingerprint density at radius 1 is 0.931 bits per heavy atom. The first-order chi connectivity index (χ1) is 13.8. The van der Waals surface area contributed by atoms with E-state index in [0.717, 1.165) is 40.6 Å². The third kappa shape index (κ3) is 3.78. The molecule has 0 atom stereocenters. The number of furan rings is 1. The van der Waals surface area contributed by atoms with Gasteiger partial charge in [0.05, 0.1) is 5.56 Å². The molecule has 0 aliphatic carbocycles. The summed E-state index contributed by atoms with van der Waals surface area (Å²) in [6, 6.07) is 13.2. The number of rotatable bonds is 5. The van der Waals surface area contributed by atoms with E-state index in [9.17, 15) is 0 Å². The molecule has 0 saturated carbocycles. The van der Waals surface area contributed by atoms with Gasteiger partial charge in [0.2, 0.25) is 11.4 Å². The highest BCUT2D eigenvalue weighted by Crippen LogP contribution is 2.36. The van der Waals surface area contributed by atoms with Gasteiger partial charge in [0.1, 0.15) is 7.05 Å². The summed E-state index contributed by atoms with van der Waals surface area (Å²) in [6.45, 7) is 11.1. The average molecular weight is 388 g/mol. The van der Waals surface area contributed by atoms with Gasteiger partial charge in [0.15, 0.2) is 11.8 Å². The molecule has 0 amide bonds. The fourth-order valence-corrected chi connectivity index (χ4v) is 4.17. The first-order valence-electron chi connectivity index (χ1n) is 10.6. The van der Waals surface area contributed by atoms with E-state index >= 15 is 0 Å². The number of nitrogens with zero attached hydrogens (tertiary/aromatic N) is 2. The molecule has 29 heavy (non-hydrogen) atoms. The summed E-state index contributed by atoms with van der Waals surface area (Å²) in [5.74, 6) is 1.20. The lowest BCUT2D eigenvalue weighted by atomic mass is 9.97. The Morgan fingerprint density at radius 3 is 2.38 bits per heavy atom. The van der Waals surface area contributed by atoms with E-state index in [1.165, 1.54) is 22.4 Å². The number of aryl methyl sites for hydroxylation is 2. The minimum Gasteiger partial charge on any atom is -0.437 e. The summed E-state index contributed by atoms with van der Waals surface area (Å²) in [5.41, 5.74) is 7.70. The number of aromatic nitrogens is 2. The zero-order valence-corrected chi connectivity index (χ0v) is 18.4. The van der Waals surface area contributed by atoms with Gasteiger partial charge in [-0.1, -0.05) is 39.8 Å². The molecule has 3 aromatic heterocycles. The summed E-state index contributed by atoms with van der Waals surface area (Å²) >= 11 is 0. The number of benzene rings is 1. The second-order valence-electron chi connectivity index (χ2n) is 9.12. The summed E-state index contributed by atoms with van der Waals surface area (Å²) in [7, 11) is 2.11. The molecule has 3 nitrogen and oxygen atoms in total. The zero-order chi connectivity index (χ0) is 20.7. The van der Waals surface area contributed by atoms with E-state index in [1.807, 2.05) is 0 Å². The second-order valence-corrected chi connectivity index (χ2v) is 9.12. The fourth-order valence-electron chi connectivity index (χ4n) is 4.17. The predicted octanol–water partition coefficient (Wildman–Crippen LogP) is 6.18. The zero-order valence-electron chi connectivity index (χ0n) is 18.4. The van der Waals surface area contributed by atoms with Gasteiger partial charge < -0.3 is 4.42 Å². The lowest BCUT2D eigenvalue weighted by Gasteiger charge is -2.09. The largest absolute Gasteiger partial charge is 0.437 e. The van der Waals surface area contributed by atoms with Crippen molar-refractivity contribution in [2.24, 2.45) is 18.9 Å². The van der Waals surface area contributed by atoms with Crippen LogP contribution in [-0.2, 0) is 19.9 Å². The predicted molar refractivity (Wildman–Crippen MR) is 120 cm³/mol. The third-order valence-corrected chi connectivity index (χ3v) is 5.50. The second kappa shape index (κ2) is 7.62. The topological polar surface area (TPSA) is 29.9 Å². The van der Waals surface area contributed by atoms with Crippen LogP contribution in [-0.4, -0.2) is 4.98 Å². The van der Waals surface area contributed by atoms with Gasteiger partial charge in [-0.15, -0.1) is 0 Å². The summed E-state index contributed by atoms with van der Waals surface area (Å²) in [4.78, 5) is 4.82. The van der Waals surface area contributed by atoms with Crippen LogP contribution in [0.25, 0.3) is 33.3 Å². The Balaban J connectivity index is 1.94. The molecule has 3 heteroatoms. The van der Waals surface area contributed by atoms with Crippen LogP contribution in [0.5, 0.6) is 0 Å². The average Bonchev–Trinajstić information content (AvgIpc) is 3.00. The molecular weight excluding hydrogens is 356 g/mol. The van der Waals surface area contributed by atoms with Crippen molar-refractivity contribution in [1.82, 2.24) is 4.98 Å². The third-order valence-electron chi connectivity index (χ3n) is 5.50. The highest BCUT2D eigenvalue weighted by molar-refractivity contribution is 6.08. The van der Waals surface area contributed by atoms with Gasteiger partial charge in [-0.3, -0.25) is 0 Å². The fraction of sp³-hybridized carbons (Fsp3) is 0.385. The number of hydrogen-bond acceptors (Lipinski definition) is 2. The van der Waals surface area contributed by atoms with Gasteiger partial charge in [-0.2, -0.15) is 0 Å². The Morgan fingerprint density at radius 2 is 1.66 bits per heavy atom. The molecular formula is C26H31N2O+. The molecule has 0 aliphatic heterocycles. The van der Waals surface area contributed by atoms with E-state index in [0.29, 0.717) is 11.8 Å². The molecule has 0 radical (unpaired) electrons. The maximum atomic E-state index is 6.39. The van der Waals surface area contributed by atoms with E-state index in [4.69, 9.17) is 9.40 Å². The van der Waals surface area contributed by atoms with Crippen molar-refractivity contribution >= 4 is 22.1 Å². The number of pyridine rings is 2. The van der Waals surface area contributed by atoms with Crippen molar-refractivity contribution < 1.29 is 8.98 Å². The van der Waals surface area contributed by atoms with Crippen LogP contribution < -0.4 is 4.57 Å². The quantitative estimate of drug-likeness (QED) is 0.383. The molecule has 150 valence electrons. The first-order valence-corrected chi connectivity index (χ1v) is 10.6. The van der Waals surface area contributed by atoms with E-state index in [2.05, 4.69) is 88.8 Å². The van der Waals surface area contributed by atoms with Crippen molar-refractivity contribution in [3.05, 3.63) is 59.4 Å². The molecule has 0 spiro atoms. The van der Waals surface area contributed by atoms with Crippen molar-refractivity contribution in [1.29, 1.82) is 0 Å². The lowest BCUT2D eigenvalue weighted by molar-refractivity contribution is -0.660. The highest BCUT2D eigenvalue weighted by Gasteiger charge is 2.21. The van der Waals surface area contributed by atoms with Crippen LogP contribution in [0.3, 0.4) is 0 Å². The maximum absolute atomic E-state index is 6.39. The van der Waals surface area contributed by atoms with Crippen molar-refractivity contribution in [2.45, 2.75) is 47.5 Å². The SMILES string of the molecule is Cc1ccc2c(oc3nc(CC(C)C)ccc32)c1-c1cc(CC(C)C)cc[n+]1C. The normalized spacial score (nSPS) is 12.0. The first kappa shape index (κ1) is 19.6. The lowest BCUT2D eigenvalue weighted by Crippen LogP contribution is -2.31. The van der Waals surface area contributed by atoms with Gasteiger partial charge in [0.25, 0.3) is 0 Å². The summed E-state index contributed by atoms with van der Waals surface area (Å²) < 4.78 is 8.58. The van der Waals surface area contributed by atoms with Crippen LogP contribution in [0.4, 0.5) is 0 Å². The molecule has 3 heterocycles. The van der Waals surface area contributed by atoms with Gasteiger partial charge >= 0.3 is 0 Å². The molecule has 0 bridgehead atoms. The Kier molecular flexibility index (Phi) is 5.16. The Bertz CT molecular complexity index is 1180. The smallest absolute Gasteiger partial charge is 0.227 e. The van der Waals surface area contributed by atoms with E-state index in [-0.39, 0.29) is 0 Å². The van der Waals surface area contributed by atoms with Crippen LogP contribution in [0.2, 0.25) is 0 Å². The van der Waals surface area contributed by atoms with E-state index in [1.54, 1.807) is 0 Å². The van der Waals surface area contributed by atoms with Gasteiger partial charge in [-0.05, 0) is 54.9 Å². The van der Waals surface area contributed by atoms with Gasteiger partial charge in [0, 0.05) is 28.6 Å². The Labute approximate surface area is 173 Å². The molecule has 0 aliphatic rings. The minimum atomic E-state index is 0.574. The molecule has 0 N–H and O–H groups in total. The van der Waals surface area contributed by atoms with Crippen LogP contribution in [0.15, 0.2) is 47.0 Å². The number of fused-ring (bicyclic) bond motifs is 3. The molecule has 4 aromatic rings. The number of hydrogen-bond donors (Lipinski definition) is 0. The Hall–Kier alpha value is -2.68. The maximum Gasteiger partial charge on any atom is 0.227 e. The van der Waals surface area contributed by atoms with Crippen LogP contribution in [0.1, 0.15) is 44.5 Å². The van der Waals surface area contributed by atoms with Crippen molar-refractivity contribution in [3.63, 3.8) is 0 Å². The van der Waals surface area contributed by atoms with Crippen LogP contribution >= 0.6 is 0 Å². The summed E-state index contributed by atoms with van der Waals surface area (Å²) in [5, 5.41) is 2.23. The van der Waals surface area contributed by atoms with E-state index < -0.39 is 0 Å². The molecule has 0 saturated heterocycles.